The van der Waals surface area contributed by atoms with Gasteiger partial charge >= 0.3 is 0 Å². The fourth-order valence-corrected chi connectivity index (χ4v) is 2.53. The summed E-state index contributed by atoms with van der Waals surface area (Å²) in [6.07, 6.45) is 0.319. The van der Waals surface area contributed by atoms with Crippen LogP contribution in [0.1, 0.15) is 15.9 Å². The minimum Gasteiger partial charge on any atom is -0.294 e. The lowest BCUT2D eigenvalue weighted by atomic mass is 10.1. The number of Topliss-reactive ketones (excluding diaryl/α,β-unsaturated/α-hetero) is 1. The van der Waals surface area contributed by atoms with Crippen LogP contribution in [0.4, 0.5) is 4.39 Å². The highest BCUT2D eigenvalue weighted by Gasteiger charge is 2.09. The molecule has 0 atom stereocenters. The largest absolute Gasteiger partial charge is 0.294 e. The van der Waals surface area contributed by atoms with E-state index in [0.717, 1.165) is 5.56 Å². The molecule has 1 heterocycles. The van der Waals surface area contributed by atoms with Gasteiger partial charge in [0.2, 0.25) is 0 Å². The molecule has 0 aliphatic heterocycles. The van der Waals surface area contributed by atoms with E-state index in [4.69, 9.17) is 0 Å². The van der Waals surface area contributed by atoms with E-state index in [9.17, 15) is 9.18 Å². The quantitative estimate of drug-likeness (QED) is 0.781. The SMILES string of the molecule is O=C(Cc1ccsc1)c1cc(F)cc(Br)c1. The van der Waals surface area contributed by atoms with E-state index in [2.05, 4.69) is 15.9 Å². The van der Waals surface area contributed by atoms with Crippen LogP contribution in [0.25, 0.3) is 0 Å². The lowest BCUT2D eigenvalue weighted by Crippen LogP contribution is -2.03. The first-order chi connectivity index (χ1) is 7.65. The molecule has 1 aromatic carbocycles. The van der Waals surface area contributed by atoms with Crippen LogP contribution in [0.15, 0.2) is 39.5 Å². The van der Waals surface area contributed by atoms with Gasteiger partial charge in [-0.2, -0.15) is 11.3 Å². The number of halogens is 2. The van der Waals surface area contributed by atoms with Crippen molar-refractivity contribution in [2.24, 2.45) is 0 Å². The summed E-state index contributed by atoms with van der Waals surface area (Å²) in [7, 11) is 0. The molecule has 0 saturated carbocycles. The highest BCUT2D eigenvalue weighted by atomic mass is 79.9. The van der Waals surface area contributed by atoms with Crippen LogP contribution < -0.4 is 0 Å². The van der Waals surface area contributed by atoms with Crippen molar-refractivity contribution in [2.45, 2.75) is 6.42 Å². The van der Waals surface area contributed by atoms with Crippen molar-refractivity contribution >= 4 is 33.0 Å². The van der Waals surface area contributed by atoms with E-state index in [0.29, 0.717) is 16.5 Å². The van der Waals surface area contributed by atoms with Crippen molar-refractivity contribution in [3.05, 3.63) is 56.4 Å². The standard InChI is InChI=1S/C12H8BrFOS/c13-10-4-9(5-11(14)6-10)12(15)3-8-1-2-16-7-8/h1-2,4-7H,3H2. The van der Waals surface area contributed by atoms with E-state index < -0.39 is 5.82 Å². The summed E-state index contributed by atoms with van der Waals surface area (Å²) in [6.45, 7) is 0. The van der Waals surface area contributed by atoms with Crippen molar-refractivity contribution in [3.8, 4) is 0 Å². The first-order valence-corrected chi connectivity index (χ1v) is 6.39. The van der Waals surface area contributed by atoms with Gasteiger partial charge < -0.3 is 0 Å². The van der Waals surface area contributed by atoms with Gasteiger partial charge in [0.1, 0.15) is 5.82 Å². The maximum Gasteiger partial charge on any atom is 0.167 e. The zero-order chi connectivity index (χ0) is 11.5. The van der Waals surface area contributed by atoms with Crippen molar-refractivity contribution in [1.29, 1.82) is 0 Å². The van der Waals surface area contributed by atoms with Crippen LogP contribution in [0.3, 0.4) is 0 Å². The van der Waals surface area contributed by atoms with Crippen LogP contribution in [0.2, 0.25) is 0 Å². The first kappa shape index (κ1) is 11.5. The van der Waals surface area contributed by atoms with Gasteiger partial charge in [0.25, 0.3) is 0 Å². The van der Waals surface area contributed by atoms with E-state index >= 15 is 0 Å². The second-order valence-corrected chi connectivity index (χ2v) is 5.09. The minimum atomic E-state index is -0.400. The molecule has 16 heavy (non-hydrogen) atoms. The Kier molecular flexibility index (Phi) is 3.51. The van der Waals surface area contributed by atoms with Gasteiger partial charge in [0, 0.05) is 16.5 Å². The molecule has 0 aliphatic rings. The lowest BCUT2D eigenvalue weighted by Gasteiger charge is -2.01. The molecule has 0 saturated heterocycles. The molecule has 0 unspecified atom stereocenters. The third-order valence-electron chi connectivity index (χ3n) is 2.13. The maximum atomic E-state index is 13.1. The summed E-state index contributed by atoms with van der Waals surface area (Å²) < 4.78 is 13.7. The van der Waals surface area contributed by atoms with Crippen LogP contribution in [0.5, 0.6) is 0 Å². The summed E-state index contributed by atoms with van der Waals surface area (Å²) in [5.41, 5.74) is 1.37. The molecule has 4 heteroatoms. The predicted octanol–water partition coefficient (Wildman–Crippen LogP) is 4.08. The van der Waals surface area contributed by atoms with Gasteiger partial charge in [-0.3, -0.25) is 4.79 Å². The second-order valence-electron chi connectivity index (χ2n) is 3.39. The Morgan fingerprint density at radius 1 is 1.38 bits per heavy atom. The summed E-state index contributed by atoms with van der Waals surface area (Å²) in [5.74, 6) is -0.471. The number of hydrogen-bond acceptors (Lipinski definition) is 2. The fourth-order valence-electron chi connectivity index (χ4n) is 1.40. The van der Waals surface area contributed by atoms with E-state index in [1.165, 1.54) is 12.1 Å². The van der Waals surface area contributed by atoms with Gasteiger partial charge in [-0.25, -0.2) is 4.39 Å². The minimum absolute atomic E-state index is 0.0707. The highest BCUT2D eigenvalue weighted by molar-refractivity contribution is 9.10. The number of hydrogen-bond donors (Lipinski definition) is 0. The van der Waals surface area contributed by atoms with Crippen molar-refractivity contribution in [2.75, 3.05) is 0 Å². The molecular formula is C12H8BrFOS. The Bertz CT molecular complexity index is 487. The smallest absolute Gasteiger partial charge is 0.167 e. The van der Waals surface area contributed by atoms with Crippen molar-refractivity contribution < 1.29 is 9.18 Å². The van der Waals surface area contributed by atoms with Crippen molar-refractivity contribution in [1.82, 2.24) is 0 Å². The fraction of sp³-hybridized carbons (Fsp3) is 0.0833. The molecule has 0 N–H and O–H groups in total. The highest BCUT2D eigenvalue weighted by Crippen LogP contribution is 2.17. The average Bonchev–Trinajstić information content (AvgIpc) is 2.68. The topological polar surface area (TPSA) is 17.1 Å². The molecule has 82 valence electrons. The Morgan fingerprint density at radius 2 is 2.19 bits per heavy atom. The monoisotopic (exact) mass is 298 g/mol. The summed E-state index contributed by atoms with van der Waals surface area (Å²) >= 11 is 4.72. The molecule has 1 aromatic heterocycles. The third kappa shape index (κ3) is 2.77. The number of ketones is 1. The second kappa shape index (κ2) is 4.89. The number of carbonyl (C=O) groups excluding carboxylic acids is 1. The molecule has 0 bridgehead atoms. The zero-order valence-electron chi connectivity index (χ0n) is 8.24. The van der Waals surface area contributed by atoms with Crippen LogP contribution in [-0.4, -0.2) is 5.78 Å². The number of benzene rings is 1. The van der Waals surface area contributed by atoms with Crippen LogP contribution in [0, 0.1) is 5.82 Å². The summed E-state index contributed by atoms with van der Waals surface area (Å²) in [5, 5.41) is 3.84. The van der Waals surface area contributed by atoms with Gasteiger partial charge in [-0.1, -0.05) is 15.9 Å². The van der Waals surface area contributed by atoms with E-state index in [-0.39, 0.29) is 5.78 Å². The van der Waals surface area contributed by atoms with Gasteiger partial charge in [0.05, 0.1) is 0 Å². The normalized spacial score (nSPS) is 10.4. The number of carbonyl (C=O) groups is 1. The Hall–Kier alpha value is -1.00. The Morgan fingerprint density at radius 3 is 2.81 bits per heavy atom. The molecule has 0 spiro atoms. The van der Waals surface area contributed by atoms with Gasteiger partial charge in [-0.05, 0) is 40.6 Å². The van der Waals surface area contributed by atoms with Gasteiger partial charge in [-0.15, -0.1) is 0 Å². The van der Waals surface area contributed by atoms with E-state index in [1.54, 1.807) is 17.4 Å². The predicted molar refractivity (Wildman–Crippen MR) is 66.5 cm³/mol. The van der Waals surface area contributed by atoms with E-state index in [1.807, 2.05) is 16.8 Å². The summed E-state index contributed by atoms with van der Waals surface area (Å²) in [6, 6.07) is 6.13. The molecule has 0 amide bonds. The Balaban J connectivity index is 2.21. The molecule has 0 fully saturated rings. The maximum absolute atomic E-state index is 13.1. The molecule has 1 nitrogen and oxygen atoms in total. The first-order valence-electron chi connectivity index (χ1n) is 4.65. The Labute approximate surface area is 105 Å². The van der Waals surface area contributed by atoms with Gasteiger partial charge in [0.15, 0.2) is 5.78 Å². The third-order valence-corrected chi connectivity index (χ3v) is 3.32. The summed E-state index contributed by atoms with van der Waals surface area (Å²) in [4.78, 5) is 11.8. The molecule has 2 rings (SSSR count). The molecular weight excluding hydrogens is 291 g/mol. The molecule has 0 aliphatic carbocycles. The van der Waals surface area contributed by atoms with Crippen molar-refractivity contribution in [3.63, 3.8) is 0 Å². The molecule has 0 radical (unpaired) electrons. The zero-order valence-corrected chi connectivity index (χ0v) is 10.6. The number of rotatable bonds is 3. The molecule has 2 aromatic rings. The average molecular weight is 299 g/mol. The lowest BCUT2D eigenvalue weighted by molar-refractivity contribution is 0.0992. The number of thiophene rings is 1. The van der Waals surface area contributed by atoms with Crippen LogP contribution >= 0.6 is 27.3 Å². The van der Waals surface area contributed by atoms with Crippen LogP contribution in [-0.2, 0) is 6.42 Å².